The van der Waals surface area contributed by atoms with E-state index in [4.69, 9.17) is 0 Å². The van der Waals surface area contributed by atoms with Gasteiger partial charge in [0.1, 0.15) is 11.6 Å². The smallest absolute Gasteiger partial charge is 0.387 e. The zero-order valence-corrected chi connectivity index (χ0v) is 16.4. The van der Waals surface area contributed by atoms with Gasteiger partial charge in [0.25, 0.3) is 0 Å². The average molecular weight is 417 g/mol. The molecule has 6 nitrogen and oxygen atoms in total. The van der Waals surface area contributed by atoms with Crippen LogP contribution in [0, 0.1) is 5.82 Å². The number of nitrogens with one attached hydrogen (secondary N) is 2. The number of imidazole rings is 1. The van der Waals surface area contributed by atoms with E-state index in [9.17, 15) is 13.2 Å². The van der Waals surface area contributed by atoms with E-state index in [0.717, 1.165) is 0 Å². The third kappa shape index (κ3) is 5.76. The molecule has 0 saturated carbocycles. The molecule has 30 heavy (non-hydrogen) atoms. The van der Waals surface area contributed by atoms with Crippen molar-refractivity contribution in [1.29, 1.82) is 0 Å². The van der Waals surface area contributed by atoms with Gasteiger partial charge in [0, 0.05) is 31.0 Å². The lowest BCUT2D eigenvalue weighted by atomic mass is 10.2. The molecule has 0 aliphatic heterocycles. The first-order valence-electron chi connectivity index (χ1n) is 9.38. The van der Waals surface area contributed by atoms with Crippen molar-refractivity contribution in [1.82, 2.24) is 20.2 Å². The summed E-state index contributed by atoms with van der Waals surface area (Å²) in [5.41, 5.74) is 1.66. The molecule has 0 aliphatic rings. The van der Waals surface area contributed by atoms with Gasteiger partial charge in [0.15, 0.2) is 5.96 Å². The number of ether oxygens (including phenoxy) is 1. The second-order valence-electron chi connectivity index (χ2n) is 6.29. The van der Waals surface area contributed by atoms with Crippen LogP contribution in [0.3, 0.4) is 0 Å². The Morgan fingerprint density at radius 2 is 2.03 bits per heavy atom. The largest absolute Gasteiger partial charge is 0.434 e. The highest BCUT2D eigenvalue weighted by Gasteiger charge is 2.10. The minimum Gasteiger partial charge on any atom is -0.434 e. The second kappa shape index (κ2) is 10.3. The highest BCUT2D eigenvalue weighted by molar-refractivity contribution is 5.79. The lowest BCUT2D eigenvalue weighted by Crippen LogP contribution is -2.36. The minimum atomic E-state index is -2.90. The molecule has 1 heterocycles. The number of guanidine groups is 1. The number of nitrogens with zero attached hydrogens (tertiary/aromatic N) is 3. The van der Waals surface area contributed by atoms with Crippen LogP contribution in [0.5, 0.6) is 5.75 Å². The maximum Gasteiger partial charge on any atom is 0.387 e. The summed E-state index contributed by atoms with van der Waals surface area (Å²) in [7, 11) is 0. The summed E-state index contributed by atoms with van der Waals surface area (Å²) in [5, 5.41) is 6.15. The van der Waals surface area contributed by atoms with Gasteiger partial charge in [-0.05, 0) is 30.7 Å². The molecule has 158 valence electrons. The van der Waals surface area contributed by atoms with Crippen molar-refractivity contribution in [3.05, 3.63) is 78.1 Å². The number of halogens is 3. The van der Waals surface area contributed by atoms with E-state index in [1.807, 2.05) is 6.92 Å². The number of rotatable bonds is 8. The van der Waals surface area contributed by atoms with Crippen molar-refractivity contribution in [2.45, 2.75) is 26.6 Å². The third-order valence-electron chi connectivity index (χ3n) is 4.19. The van der Waals surface area contributed by atoms with E-state index >= 15 is 0 Å². The van der Waals surface area contributed by atoms with Crippen molar-refractivity contribution in [3.63, 3.8) is 0 Å². The molecule has 0 aliphatic carbocycles. The van der Waals surface area contributed by atoms with Crippen LogP contribution in [-0.2, 0) is 13.1 Å². The molecule has 0 atom stereocenters. The molecule has 0 fully saturated rings. The molecular formula is C21H22F3N5O. The van der Waals surface area contributed by atoms with Crippen molar-refractivity contribution < 1.29 is 17.9 Å². The van der Waals surface area contributed by atoms with Gasteiger partial charge in [-0.2, -0.15) is 8.78 Å². The van der Waals surface area contributed by atoms with Gasteiger partial charge in [0.2, 0.25) is 0 Å². The molecule has 1 aromatic heterocycles. The fraction of sp³-hybridized carbons (Fsp3) is 0.238. The standard InChI is InChI=1S/C21H22F3N5O/c1-2-26-21(28-13-16-5-3-4-6-19(16)30-20(23)24)27-12-15-7-8-18(17(22)11-15)29-10-9-25-14-29/h3-11,14,20H,2,12-13H2,1H3,(H2,26,27,28). The maximum absolute atomic E-state index is 14.4. The van der Waals surface area contributed by atoms with Crippen molar-refractivity contribution >= 4 is 5.96 Å². The molecule has 3 rings (SSSR count). The second-order valence-corrected chi connectivity index (χ2v) is 6.29. The summed E-state index contributed by atoms with van der Waals surface area (Å²) < 4.78 is 45.7. The summed E-state index contributed by atoms with van der Waals surface area (Å²) in [6, 6.07) is 11.4. The first kappa shape index (κ1) is 21.2. The van der Waals surface area contributed by atoms with E-state index in [1.165, 1.54) is 18.5 Å². The molecule has 0 saturated heterocycles. The van der Waals surface area contributed by atoms with Crippen molar-refractivity contribution in [3.8, 4) is 11.4 Å². The monoisotopic (exact) mass is 417 g/mol. The Hall–Kier alpha value is -3.49. The summed E-state index contributed by atoms with van der Waals surface area (Å²) in [5.74, 6) is 0.202. The highest BCUT2D eigenvalue weighted by atomic mass is 19.3. The number of alkyl halides is 2. The lowest BCUT2D eigenvalue weighted by molar-refractivity contribution is -0.0504. The molecule has 3 aromatic rings. The van der Waals surface area contributed by atoms with Gasteiger partial charge in [-0.15, -0.1) is 0 Å². The van der Waals surface area contributed by atoms with Gasteiger partial charge in [-0.25, -0.2) is 14.4 Å². The van der Waals surface area contributed by atoms with Crippen LogP contribution in [0.15, 0.2) is 66.2 Å². The lowest BCUT2D eigenvalue weighted by Gasteiger charge is -2.14. The Morgan fingerprint density at radius 1 is 1.20 bits per heavy atom. The van der Waals surface area contributed by atoms with E-state index in [2.05, 4.69) is 25.3 Å². The fourth-order valence-electron chi connectivity index (χ4n) is 2.81. The van der Waals surface area contributed by atoms with E-state index in [0.29, 0.717) is 29.3 Å². The number of benzene rings is 2. The predicted octanol–water partition coefficient (Wildman–Crippen LogP) is 3.87. The highest BCUT2D eigenvalue weighted by Crippen LogP contribution is 2.20. The Balaban J connectivity index is 1.67. The Morgan fingerprint density at radius 3 is 2.73 bits per heavy atom. The Bertz CT molecular complexity index is 977. The van der Waals surface area contributed by atoms with Gasteiger partial charge >= 0.3 is 6.61 Å². The number of hydrogen-bond donors (Lipinski definition) is 2. The van der Waals surface area contributed by atoms with Crippen LogP contribution < -0.4 is 15.4 Å². The number of para-hydroxylation sites is 1. The Labute approximate surface area is 172 Å². The normalized spacial score (nSPS) is 11.6. The SMILES string of the molecule is CCNC(=NCc1ccc(-n2ccnc2)c(F)c1)NCc1ccccc1OC(F)F. The first-order valence-corrected chi connectivity index (χ1v) is 9.38. The van der Waals surface area contributed by atoms with Gasteiger partial charge in [-0.3, -0.25) is 0 Å². The van der Waals surface area contributed by atoms with Gasteiger partial charge < -0.3 is 19.9 Å². The predicted molar refractivity (Wildman–Crippen MR) is 108 cm³/mol. The van der Waals surface area contributed by atoms with Crippen molar-refractivity contribution in [2.75, 3.05) is 6.54 Å². The zero-order chi connectivity index (χ0) is 21.3. The summed E-state index contributed by atoms with van der Waals surface area (Å²) in [4.78, 5) is 8.36. The molecule has 0 bridgehead atoms. The quantitative estimate of drug-likeness (QED) is 0.432. The van der Waals surface area contributed by atoms with Gasteiger partial charge in [-0.1, -0.05) is 24.3 Å². The van der Waals surface area contributed by atoms with E-state index in [1.54, 1.807) is 47.3 Å². The number of aromatic nitrogens is 2. The molecule has 0 amide bonds. The molecule has 0 radical (unpaired) electrons. The minimum absolute atomic E-state index is 0.105. The number of aliphatic imine (C=N–C) groups is 1. The maximum atomic E-state index is 14.4. The van der Waals surface area contributed by atoms with Crippen LogP contribution in [0.25, 0.3) is 5.69 Å². The van der Waals surface area contributed by atoms with Crippen LogP contribution in [0.4, 0.5) is 13.2 Å². The van der Waals surface area contributed by atoms with Crippen molar-refractivity contribution in [2.24, 2.45) is 4.99 Å². The summed E-state index contributed by atoms with van der Waals surface area (Å²) >= 11 is 0. The molecule has 0 spiro atoms. The topological polar surface area (TPSA) is 63.5 Å². The first-order chi connectivity index (χ1) is 14.6. The fourth-order valence-corrected chi connectivity index (χ4v) is 2.81. The van der Waals surface area contributed by atoms with Crippen LogP contribution >= 0.6 is 0 Å². The zero-order valence-electron chi connectivity index (χ0n) is 16.4. The summed E-state index contributed by atoms with van der Waals surface area (Å²) in [6.45, 7) is 0.0988. The summed E-state index contributed by atoms with van der Waals surface area (Å²) in [6.07, 6.45) is 4.77. The Kier molecular flexibility index (Phi) is 7.31. The molecular weight excluding hydrogens is 395 g/mol. The van der Waals surface area contributed by atoms with Crippen LogP contribution in [-0.4, -0.2) is 28.7 Å². The van der Waals surface area contributed by atoms with Gasteiger partial charge in [0.05, 0.1) is 18.6 Å². The molecule has 2 N–H and O–H groups in total. The molecule has 2 aromatic carbocycles. The van der Waals surface area contributed by atoms with Crippen LogP contribution in [0.1, 0.15) is 18.1 Å². The van der Waals surface area contributed by atoms with E-state index in [-0.39, 0.29) is 24.7 Å². The molecule has 9 heteroatoms. The molecule has 0 unspecified atom stereocenters. The van der Waals surface area contributed by atoms with Crippen LogP contribution in [0.2, 0.25) is 0 Å². The number of hydrogen-bond acceptors (Lipinski definition) is 3. The average Bonchev–Trinajstić information content (AvgIpc) is 3.25. The third-order valence-corrected chi connectivity index (χ3v) is 4.19. The van der Waals surface area contributed by atoms with E-state index < -0.39 is 6.61 Å².